The summed E-state index contributed by atoms with van der Waals surface area (Å²) in [5, 5.41) is 2.14. The summed E-state index contributed by atoms with van der Waals surface area (Å²) in [6.45, 7) is 1.69. The number of ether oxygens (including phenoxy) is 1. The summed E-state index contributed by atoms with van der Waals surface area (Å²) >= 11 is 6.84. The second kappa shape index (κ2) is 8.17. The molecule has 1 N–H and O–H groups in total. The van der Waals surface area contributed by atoms with Crippen molar-refractivity contribution < 1.29 is 18.7 Å². The number of benzene rings is 2. The molecule has 0 aliphatic rings. The number of hydrogen-bond acceptors (Lipinski definition) is 4. The van der Waals surface area contributed by atoms with Crippen molar-refractivity contribution in [2.75, 3.05) is 12.4 Å². The fraction of sp³-hybridized carbons (Fsp3) is 0.176. The highest BCUT2D eigenvalue weighted by Gasteiger charge is 2.19. The minimum atomic E-state index is -0.614. The van der Waals surface area contributed by atoms with Crippen molar-refractivity contribution in [2.24, 2.45) is 0 Å². The number of thioether (sulfide) groups is 1. The molecule has 0 heterocycles. The zero-order valence-corrected chi connectivity index (χ0v) is 14.6. The fourth-order valence-corrected chi connectivity index (χ4v) is 3.07. The number of esters is 1. The maximum Gasteiger partial charge on any atom is 0.318 e. The molecular formula is C17H15ClFNO3S. The van der Waals surface area contributed by atoms with Crippen molar-refractivity contribution in [3.05, 3.63) is 58.9 Å². The Hall–Kier alpha value is -2.05. The molecule has 1 atom stereocenters. The summed E-state index contributed by atoms with van der Waals surface area (Å²) in [5.41, 5.74) is 0.677. The molecule has 0 aliphatic heterocycles. The molecule has 0 aromatic heterocycles. The molecule has 1 unspecified atom stereocenters. The van der Waals surface area contributed by atoms with Gasteiger partial charge in [0.15, 0.2) is 0 Å². The first-order valence-electron chi connectivity index (χ1n) is 7.02. The van der Waals surface area contributed by atoms with Gasteiger partial charge in [-0.2, -0.15) is 0 Å². The van der Waals surface area contributed by atoms with Crippen LogP contribution in [-0.4, -0.2) is 24.2 Å². The van der Waals surface area contributed by atoms with Gasteiger partial charge >= 0.3 is 5.97 Å². The Balaban J connectivity index is 2.20. The lowest BCUT2D eigenvalue weighted by Gasteiger charge is -2.13. The molecule has 2 aromatic carbocycles. The first-order chi connectivity index (χ1) is 11.4. The minimum absolute atomic E-state index is 0.0177. The van der Waals surface area contributed by atoms with Crippen LogP contribution < -0.4 is 5.32 Å². The van der Waals surface area contributed by atoms with E-state index in [1.807, 2.05) is 0 Å². The third-order valence-corrected chi connectivity index (χ3v) is 4.61. The molecule has 2 rings (SSSR count). The zero-order valence-electron chi connectivity index (χ0n) is 13.0. The van der Waals surface area contributed by atoms with E-state index in [2.05, 4.69) is 5.32 Å². The van der Waals surface area contributed by atoms with Gasteiger partial charge in [0.2, 0.25) is 0 Å². The minimum Gasteiger partial charge on any atom is -0.468 e. The molecule has 126 valence electrons. The number of methoxy groups -OCH3 is 1. The maximum atomic E-state index is 13.5. The topological polar surface area (TPSA) is 55.4 Å². The molecule has 24 heavy (non-hydrogen) atoms. The van der Waals surface area contributed by atoms with Gasteiger partial charge in [-0.25, -0.2) is 4.39 Å². The quantitative estimate of drug-likeness (QED) is 0.629. The first-order valence-corrected chi connectivity index (χ1v) is 8.28. The molecule has 0 saturated carbocycles. The van der Waals surface area contributed by atoms with Crippen LogP contribution in [0.2, 0.25) is 5.02 Å². The number of carbonyl (C=O) groups excluding carboxylic acids is 2. The van der Waals surface area contributed by atoms with Crippen molar-refractivity contribution in [3.8, 4) is 0 Å². The lowest BCUT2D eigenvalue weighted by molar-refractivity contribution is -0.139. The Kier molecular flexibility index (Phi) is 6.23. The van der Waals surface area contributed by atoms with E-state index < -0.39 is 17.0 Å². The van der Waals surface area contributed by atoms with Gasteiger partial charge < -0.3 is 10.1 Å². The van der Waals surface area contributed by atoms with Crippen LogP contribution in [0.3, 0.4) is 0 Å². The molecule has 0 bridgehead atoms. The molecule has 0 saturated heterocycles. The molecule has 0 radical (unpaired) electrons. The number of halogens is 2. The van der Waals surface area contributed by atoms with Gasteiger partial charge in [-0.15, -0.1) is 11.8 Å². The van der Waals surface area contributed by atoms with Crippen molar-refractivity contribution in [2.45, 2.75) is 17.1 Å². The Morgan fingerprint density at radius 2 is 1.96 bits per heavy atom. The summed E-state index contributed by atoms with van der Waals surface area (Å²) in [5.74, 6) is -1.40. The number of carbonyl (C=O) groups is 2. The van der Waals surface area contributed by atoms with E-state index in [1.165, 1.54) is 31.0 Å². The average molecular weight is 368 g/mol. The molecule has 4 nitrogen and oxygen atoms in total. The van der Waals surface area contributed by atoms with Crippen LogP contribution in [0.1, 0.15) is 17.3 Å². The smallest absolute Gasteiger partial charge is 0.318 e. The third-order valence-electron chi connectivity index (χ3n) is 3.15. The van der Waals surface area contributed by atoms with Crippen LogP contribution in [0.4, 0.5) is 10.1 Å². The largest absolute Gasteiger partial charge is 0.468 e. The summed E-state index contributed by atoms with van der Waals surface area (Å²) in [6, 6.07) is 10.9. The Morgan fingerprint density at radius 3 is 2.62 bits per heavy atom. The second-order valence-electron chi connectivity index (χ2n) is 4.86. The number of anilines is 1. The Bertz CT molecular complexity index is 769. The molecule has 1 amide bonds. The number of hydrogen-bond donors (Lipinski definition) is 1. The van der Waals surface area contributed by atoms with Gasteiger partial charge in [0.05, 0.1) is 17.7 Å². The second-order valence-corrected chi connectivity index (χ2v) is 6.65. The maximum absolute atomic E-state index is 13.5. The van der Waals surface area contributed by atoms with Gasteiger partial charge in [-0.1, -0.05) is 23.7 Å². The standard InChI is InChI=1S/C17H15ClFNO3S/c1-10(17(22)23-2)24-15-6-4-3-5-12(15)16(21)20-11-7-8-13(18)14(19)9-11/h3-10H,1-2H3,(H,20,21). The lowest BCUT2D eigenvalue weighted by atomic mass is 10.2. The molecule has 2 aromatic rings. The third kappa shape index (κ3) is 4.49. The van der Waals surface area contributed by atoms with E-state index in [9.17, 15) is 14.0 Å². The van der Waals surface area contributed by atoms with Crippen LogP contribution in [0.5, 0.6) is 0 Å². The normalized spacial score (nSPS) is 11.7. The van der Waals surface area contributed by atoms with Crippen molar-refractivity contribution >= 4 is 40.9 Å². The average Bonchev–Trinajstić information content (AvgIpc) is 2.57. The van der Waals surface area contributed by atoms with E-state index in [-0.39, 0.29) is 11.0 Å². The van der Waals surface area contributed by atoms with Crippen LogP contribution in [0.25, 0.3) is 0 Å². The van der Waals surface area contributed by atoms with E-state index in [4.69, 9.17) is 16.3 Å². The highest BCUT2D eigenvalue weighted by molar-refractivity contribution is 8.00. The fourth-order valence-electron chi connectivity index (χ4n) is 1.93. The summed E-state index contributed by atoms with van der Waals surface area (Å²) < 4.78 is 18.2. The number of rotatable bonds is 5. The van der Waals surface area contributed by atoms with Gasteiger partial charge in [0.1, 0.15) is 11.1 Å². The molecule has 7 heteroatoms. The summed E-state index contributed by atoms with van der Waals surface area (Å²) in [6.07, 6.45) is 0. The molecule has 0 spiro atoms. The highest BCUT2D eigenvalue weighted by atomic mass is 35.5. The van der Waals surface area contributed by atoms with Crippen LogP contribution in [-0.2, 0) is 9.53 Å². The highest BCUT2D eigenvalue weighted by Crippen LogP contribution is 2.28. The van der Waals surface area contributed by atoms with Gasteiger partial charge in [-0.05, 0) is 37.3 Å². The van der Waals surface area contributed by atoms with Gasteiger partial charge in [0, 0.05) is 10.6 Å². The molecule has 0 aliphatic carbocycles. The van der Waals surface area contributed by atoms with Crippen LogP contribution in [0.15, 0.2) is 47.4 Å². The van der Waals surface area contributed by atoms with Crippen LogP contribution in [0, 0.1) is 5.82 Å². The Morgan fingerprint density at radius 1 is 1.25 bits per heavy atom. The van der Waals surface area contributed by atoms with Crippen molar-refractivity contribution in [1.29, 1.82) is 0 Å². The Labute approximate surface area is 148 Å². The predicted molar refractivity (Wildman–Crippen MR) is 93.1 cm³/mol. The summed E-state index contributed by atoms with van der Waals surface area (Å²) in [4.78, 5) is 24.6. The molecule has 0 fully saturated rings. The predicted octanol–water partition coefficient (Wildman–Crippen LogP) is 4.39. The van der Waals surface area contributed by atoms with Crippen LogP contribution >= 0.6 is 23.4 Å². The van der Waals surface area contributed by atoms with E-state index in [0.29, 0.717) is 16.1 Å². The van der Waals surface area contributed by atoms with E-state index in [1.54, 1.807) is 31.2 Å². The van der Waals surface area contributed by atoms with Gasteiger partial charge in [0.25, 0.3) is 5.91 Å². The first kappa shape index (κ1) is 18.3. The monoisotopic (exact) mass is 367 g/mol. The van der Waals surface area contributed by atoms with Crippen molar-refractivity contribution in [3.63, 3.8) is 0 Å². The lowest BCUT2D eigenvalue weighted by Crippen LogP contribution is -2.17. The zero-order chi connectivity index (χ0) is 17.7. The van der Waals surface area contributed by atoms with Crippen molar-refractivity contribution in [1.82, 2.24) is 0 Å². The number of amides is 1. The SMILES string of the molecule is COC(=O)C(C)Sc1ccccc1C(=O)Nc1ccc(Cl)c(F)c1. The molecular weight excluding hydrogens is 353 g/mol. The van der Waals surface area contributed by atoms with E-state index in [0.717, 1.165) is 6.07 Å². The van der Waals surface area contributed by atoms with Gasteiger partial charge in [-0.3, -0.25) is 9.59 Å². The summed E-state index contributed by atoms with van der Waals surface area (Å²) in [7, 11) is 1.31. The van der Waals surface area contributed by atoms with E-state index >= 15 is 0 Å². The number of nitrogens with one attached hydrogen (secondary N) is 1.